The van der Waals surface area contributed by atoms with Crippen molar-refractivity contribution in [1.29, 1.82) is 0 Å². The van der Waals surface area contributed by atoms with Crippen LogP contribution < -0.4 is 5.32 Å². The summed E-state index contributed by atoms with van der Waals surface area (Å²) in [5.74, 6) is 0.0774. The summed E-state index contributed by atoms with van der Waals surface area (Å²) in [7, 11) is 1.58. The van der Waals surface area contributed by atoms with E-state index in [9.17, 15) is 9.59 Å². The van der Waals surface area contributed by atoms with Crippen LogP contribution in [0.4, 0.5) is 5.69 Å². The van der Waals surface area contributed by atoms with Crippen molar-refractivity contribution in [3.8, 4) is 0 Å². The van der Waals surface area contributed by atoms with E-state index in [1.807, 2.05) is 30.5 Å². The van der Waals surface area contributed by atoms with Crippen LogP contribution in [0.5, 0.6) is 0 Å². The largest absolute Gasteiger partial charge is 0.465 e. The number of hydrogen-bond donors (Lipinski definition) is 1. The third-order valence-corrected chi connectivity index (χ3v) is 3.87. The number of nitrogens with zero attached hydrogens (tertiary/aromatic N) is 1. The minimum absolute atomic E-state index is 0.0238. The highest BCUT2D eigenvalue weighted by molar-refractivity contribution is 7.98. The molecular formula is C17H18N2O3S. The monoisotopic (exact) mass is 330 g/mol. The van der Waals surface area contributed by atoms with E-state index in [2.05, 4.69) is 5.32 Å². The Morgan fingerprint density at radius 2 is 2.04 bits per heavy atom. The molecular weight excluding hydrogens is 312 g/mol. The first-order valence-electron chi connectivity index (χ1n) is 6.99. The highest BCUT2D eigenvalue weighted by Crippen LogP contribution is 2.24. The summed E-state index contributed by atoms with van der Waals surface area (Å²) in [6.45, 7) is -0.0238. The maximum absolute atomic E-state index is 12.1. The second-order valence-electron chi connectivity index (χ2n) is 4.79. The Labute approximate surface area is 139 Å². The van der Waals surface area contributed by atoms with Crippen molar-refractivity contribution in [1.82, 2.24) is 4.90 Å². The third kappa shape index (κ3) is 5.03. The van der Waals surface area contributed by atoms with Crippen molar-refractivity contribution < 1.29 is 14.0 Å². The number of para-hydroxylation sites is 1. The number of nitrogens with one attached hydrogen (secondary N) is 1. The van der Waals surface area contributed by atoms with Gasteiger partial charge < -0.3 is 14.6 Å². The van der Waals surface area contributed by atoms with Gasteiger partial charge >= 0.3 is 0 Å². The van der Waals surface area contributed by atoms with E-state index in [0.717, 1.165) is 10.6 Å². The van der Waals surface area contributed by atoms with Crippen LogP contribution in [0.2, 0.25) is 0 Å². The molecule has 1 N–H and O–H groups in total. The van der Waals surface area contributed by atoms with Crippen molar-refractivity contribution in [2.24, 2.45) is 0 Å². The van der Waals surface area contributed by atoms with E-state index < -0.39 is 0 Å². The van der Waals surface area contributed by atoms with Crippen LogP contribution in [-0.4, -0.2) is 36.6 Å². The average molecular weight is 330 g/mol. The van der Waals surface area contributed by atoms with E-state index >= 15 is 0 Å². The normalized spacial score (nSPS) is 10.7. The van der Waals surface area contributed by atoms with Crippen molar-refractivity contribution >= 4 is 35.3 Å². The molecule has 0 aliphatic carbocycles. The number of rotatable bonds is 6. The lowest BCUT2D eigenvalue weighted by molar-refractivity contribution is -0.129. The predicted molar refractivity (Wildman–Crippen MR) is 92.2 cm³/mol. The number of benzene rings is 1. The summed E-state index contributed by atoms with van der Waals surface area (Å²) >= 11 is 1.55. The van der Waals surface area contributed by atoms with Crippen LogP contribution in [0, 0.1) is 0 Å². The second kappa shape index (κ2) is 8.24. The second-order valence-corrected chi connectivity index (χ2v) is 5.64. The fourth-order valence-electron chi connectivity index (χ4n) is 1.90. The van der Waals surface area contributed by atoms with Crippen LogP contribution >= 0.6 is 11.8 Å². The summed E-state index contributed by atoms with van der Waals surface area (Å²) in [5.41, 5.74) is 0.747. The third-order valence-electron chi connectivity index (χ3n) is 3.07. The van der Waals surface area contributed by atoms with Gasteiger partial charge in [-0.3, -0.25) is 9.59 Å². The molecule has 0 aliphatic heterocycles. The van der Waals surface area contributed by atoms with E-state index in [-0.39, 0.29) is 18.4 Å². The molecule has 0 atom stereocenters. The van der Waals surface area contributed by atoms with Gasteiger partial charge in [0.2, 0.25) is 11.8 Å². The minimum Gasteiger partial charge on any atom is -0.465 e. The van der Waals surface area contributed by atoms with Crippen LogP contribution in [0.1, 0.15) is 5.76 Å². The molecule has 2 amide bonds. The van der Waals surface area contributed by atoms with Gasteiger partial charge in [-0.15, -0.1) is 11.8 Å². The lowest BCUT2D eigenvalue weighted by Crippen LogP contribution is -2.33. The molecule has 0 spiro atoms. The molecule has 0 saturated carbocycles. The van der Waals surface area contributed by atoms with E-state index in [1.165, 1.54) is 17.2 Å². The van der Waals surface area contributed by atoms with Gasteiger partial charge in [0, 0.05) is 18.0 Å². The van der Waals surface area contributed by atoms with Crippen molar-refractivity contribution in [3.05, 3.63) is 54.5 Å². The maximum atomic E-state index is 12.1. The van der Waals surface area contributed by atoms with Crippen molar-refractivity contribution in [2.75, 3.05) is 25.2 Å². The number of anilines is 1. The lowest BCUT2D eigenvalue weighted by atomic mass is 10.3. The summed E-state index contributed by atoms with van der Waals surface area (Å²) in [6.07, 6.45) is 6.42. The molecule has 5 nitrogen and oxygen atoms in total. The first kappa shape index (κ1) is 16.9. The van der Waals surface area contributed by atoms with Gasteiger partial charge in [-0.1, -0.05) is 12.1 Å². The Kier molecular flexibility index (Phi) is 6.05. The van der Waals surface area contributed by atoms with Crippen LogP contribution in [0.3, 0.4) is 0 Å². The van der Waals surface area contributed by atoms with Gasteiger partial charge in [-0.2, -0.15) is 0 Å². The maximum Gasteiger partial charge on any atom is 0.246 e. The standard InChI is InChI=1S/C17H18N2O3S/c1-19(17(21)10-9-13-6-5-11-22-13)12-16(20)18-14-7-3-4-8-15(14)23-2/h3-11H,12H2,1-2H3,(H,18,20)/b10-9+. The molecule has 6 heteroatoms. The first-order chi connectivity index (χ1) is 11.1. The highest BCUT2D eigenvalue weighted by atomic mass is 32.2. The summed E-state index contributed by atoms with van der Waals surface area (Å²) in [5, 5.41) is 2.82. The van der Waals surface area contributed by atoms with Gasteiger partial charge in [0.1, 0.15) is 5.76 Å². The number of furan rings is 1. The van der Waals surface area contributed by atoms with Crippen LogP contribution in [0.25, 0.3) is 6.08 Å². The van der Waals surface area contributed by atoms with Crippen molar-refractivity contribution in [2.45, 2.75) is 4.90 Å². The zero-order valence-electron chi connectivity index (χ0n) is 13.0. The minimum atomic E-state index is -0.269. The summed E-state index contributed by atoms with van der Waals surface area (Å²) in [6, 6.07) is 11.0. The van der Waals surface area contributed by atoms with E-state index in [0.29, 0.717) is 5.76 Å². The Morgan fingerprint density at radius 1 is 1.26 bits per heavy atom. The summed E-state index contributed by atoms with van der Waals surface area (Å²) < 4.78 is 5.11. The number of carbonyl (C=O) groups is 2. The molecule has 1 heterocycles. The molecule has 0 fully saturated rings. The smallest absolute Gasteiger partial charge is 0.246 e. The van der Waals surface area contributed by atoms with Gasteiger partial charge in [-0.25, -0.2) is 0 Å². The highest BCUT2D eigenvalue weighted by Gasteiger charge is 2.12. The van der Waals surface area contributed by atoms with Gasteiger partial charge in [0.05, 0.1) is 18.5 Å². The Balaban J connectivity index is 1.90. The molecule has 1 aromatic heterocycles. The van der Waals surface area contributed by atoms with Gasteiger partial charge in [-0.05, 0) is 36.6 Å². The van der Waals surface area contributed by atoms with Crippen molar-refractivity contribution in [3.63, 3.8) is 0 Å². The topological polar surface area (TPSA) is 62.6 Å². The Bertz CT molecular complexity index is 696. The van der Waals surface area contributed by atoms with Crippen LogP contribution in [0.15, 0.2) is 58.1 Å². The van der Waals surface area contributed by atoms with Gasteiger partial charge in [0.25, 0.3) is 0 Å². The molecule has 0 radical (unpaired) electrons. The Hall–Kier alpha value is -2.47. The molecule has 0 bridgehead atoms. The van der Waals surface area contributed by atoms with Crippen LogP contribution in [-0.2, 0) is 9.59 Å². The lowest BCUT2D eigenvalue weighted by Gasteiger charge is -2.15. The molecule has 2 aromatic rings. The van der Waals surface area contributed by atoms with E-state index in [1.54, 1.807) is 37.0 Å². The zero-order valence-corrected chi connectivity index (χ0v) is 13.8. The fraction of sp³-hybridized carbons (Fsp3) is 0.176. The fourth-order valence-corrected chi connectivity index (χ4v) is 2.45. The number of likely N-dealkylation sites (N-methyl/N-ethyl adjacent to an activating group) is 1. The first-order valence-corrected chi connectivity index (χ1v) is 8.22. The molecule has 2 rings (SSSR count). The zero-order chi connectivity index (χ0) is 16.7. The Morgan fingerprint density at radius 3 is 2.74 bits per heavy atom. The number of thioether (sulfide) groups is 1. The number of carbonyl (C=O) groups excluding carboxylic acids is 2. The average Bonchev–Trinajstić information content (AvgIpc) is 3.06. The number of hydrogen-bond acceptors (Lipinski definition) is 4. The van der Waals surface area contributed by atoms with Gasteiger partial charge in [0.15, 0.2) is 0 Å². The SMILES string of the molecule is CSc1ccccc1NC(=O)CN(C)C(=O)/C=C/c1ccco1. The molecule has 0 saturated heterocycles. The van der Waals surface area contributed by atoms with E-state index in [4.69, 9.17) is 4.42 Å². The molecule has 0 unspecified atom stereocenters. The molecule has 23 heavy (non-hydrogen) atoms. The number of amides is 2. The molecule has 0 aliphatic rings. The predicted octanol–water partition coefficient (Wildman–Crippen LogP) is 3.11. The molecule has 120 valence electrons. The summed E-state index contributed by atoms with van der Waals surface area (Å²) in [4.78, 5) is 26.4. The molecule has 1 aromatic carbocycles. The quantitative estimate of drug-likeness (QED) is 0.653.